The van der Waals surface area contributed by atoms with Gasteiger partial charge in [0, 0.05) is 72.8 Å². The van der Waals surface area contributed by atoms with Gasteiger partial charge in [0.25, 0.3) is 0 Å². The van der Waals surface area contributed by atoms with Gasteiger partial charge in [-0.15, -0.1) is 0 Å². The first kappa shape index (κ1) is 96.3. The van der Waals surface area contributed by atoms with Crippen molar-refractivity contribution in [2.24, 2.45) is 41.4 Å². The number of carbonyl (C=O) groups is 13. The molecule has 1 fully saturated rings. The molecule has 12 amide bonds. The lowest BCUT2D eigenvalue weighted by atomic mass is 9.92. The summed E-state index contributed by atoms with van der Waals surface area (Å²) in [5.41, 5.74) is -0.642. The van der Waals surface area contributed by atoms with Crippen LogP contribution in [0, 0.1) is 41.4 Å². The number of nitrogens with zero attached hydrogens (tertiary/aromatic N) is 7. The predicted molar refractivity (Wildman–Crippen MR) is 412 cm³/mol. The van der Waals surface area contributed by atoms with Crippen LogP contribution in [0.4, 0.5) is 4.79 Å². The van der Waals surface area contributed by atoms with E-state index in [4.69, 9.17) is 9.47 Å². The van der Waals surface area contributed by atoms with Gasteiger partial charge in [-0.3, -0.25) is 57.5 Å². The predicted octanol–water partition coefficient (Wildman–Crippen LogP) is 7.64. The summed E-state index contributed by atoms with van der Waals surface area (Å²) in [4.78, 5) is 200. The van der Waals surface area contributed by atoms with E-state index in [0.717, 1.165) is 19.3 Å². The Balaban J connectivity index is 4.54. The van der Waals surface area contributed by atoms with E-state index in [1.165, 1.54) is 116 Å². The van der Waals surface area contributed by atoms with Crippen molar-refractivity contribution in [3.05, 3.63) is 0 Å². The molecular formula is C77H140N12O15S. The number of methoxy groups -OCH3 is 1. The molecule has 1 saturated heterocycles. The molecule has 1 aliphatic rings. The van der Waals surface area contributed by atoms with Gasteiger partial charge in [-0.05, 0) is 127 Å². The van der Waals surface area contributed by atoms with Crippen molar-refractivity contribution < 1.29 is 71.8 Å². The molecule has 5 N–H and O–H groups in total. The maximum absolute atomic E-state index is 15.6. The number of hydrogen-bond acceptors (Lipinski definition) is 16. The normalized spacial score (nSPS) is 24.5. The summed E-state index contributed by atoms with van der Waals surface area (Å²) in [5.74, 6) is -9.64. The van der Waals surface area contributed by atoms with E-state index in [2.05, 4.69) is 26.6 Å². The van der Waals surface area contributed by atoms with Crippen molar-refractivity contribution in [1.82, 2.24) is 60.9 Å². The molecule has 0 spiro atoms. The van der Waals surface area contributed by atoms with Crippen LogP contribution in [-0.4, -0.2) is 257 Å². The van der Waals surface area contributed by atoms with Gasteiger partial charge in [-0.1, -0.05) is 136 Å². The minimum Gasteiger partial charge on any atom is -0.469 e. The molecule has 604 valence electrons. The monoisotopic (exact) mass is 1510 g/mol. The maximum atomic E-state index is 15.6. The first-order valence-electron chi connectivity index (χ1n) is 38.2. The van der Waals surface area contributed by atoms with Gasteiger partial charge < -0.3 is 70.4 Å². The van der Waals surface area contributed by atoms with Crippen LogP contribution in [0.5, 0.6) is 0 Å². The van der Waals surface area contributed by atoms with Crippen molar-refractivity contribution in [2.75, 3.05) is 68.7 Å². The molecule has 1 rings (SSSR count). The topological polar surface area (TPSA) is 323 Å². The number of rotatable bonds is 26. The molecule has 1 aliphatic heterocycles. The Labute approximate surface area is 634 Å². The Morgan fingerprint density at radius 2 is 0.876 bits per heavy atom. The van der Waals surface area contributed by atoms with Crippen LogP contribution in [0.25, 0.3) is 0 Å². The summed E-state index contributed by atoms with van der Waals surface area (Å²) in [6.45, 7) is 38.2. The molecule has 0 aliphatic carbocycles. The molecule has 28 heteroatoms. The number of amides is 12. The van der Waals surface area contributed by atoms with Crippen LogP contribution in [0.15, 0.2) is 0 Å². The van der Waals surface area contributed by atoms with Crippen LogP contribution in [0.2, 0.25) is 0 Å². The van der Waals surface area contributed by atoms with E-state index >= 15 is 33.6 Å². The van der Waals surface area contributed by atoms with Crippen LogP contribution in [0.3, 0.4) is 0 Å². The largest absolute Gasteiger partial charge is 0.469 e. The zero-order valence-corrected chi connectivity index (χ0v) is 70.5. The third-order valence-electron chi connectivity index (χ3n) is 19.5. The number of hydrogen-bond donors (Lipinski definition) is 5. The molecule has 0 radical (unpaired) electrons. The minimum absolute atomic E-state index is 0.0215. The first-order chi connectivity index (χ1) is 48.4. The van der Waals surface area contributed by atoms with Crippen molar-refractivity contribution in [2.45, 2.75) is 306 Å². The molecule has 1 heterocycles. The van der Waals surface area contributed by atoms with E-state index in [1.807, 2.05) is 76.2 Å². The fraction of sp³-hybridized carbons (Fsp3) is 0.831. The number of unbranched alkanes of at least 4 members (excludes halogenated alkanes) is 3. The summed E-state index contributed by atoms with van der Waals surface area (Å²) in [7, 11) is 11.6. The second-order valence-corrected chi connectivity index (χ2v) is 35.0. The molecule has 0 aromatic rings. The number of ether oxygens (including phenoxy) is 2. The number of nitrogens with one attached hydrogen (secondary N) is 5. The molecule has 0 aromatic carbocycles. The number of alkyl carbamates (subject to hydrolysis) is 1. The minimum atomic E-state index is -1.31. The van der Waals surface area contributed by atoms with Gasteiger partial charge >= 0.3 is 12.1 Å². The highest BCUT2D eigenvalue weighted by Gasteiger charge is 2.46. The second-order valence-electron chi connectivity index (χ2n) is 33.2. The van der Waals surface area contributed by atoms with E-state index in [-0.39, 0.29) is 80.3 Å². The van der Waals surface area contributed by atoms with Gasteiger partial charge in [-0.2, -0.15) is 11.8 Å². The highest BCUT2D eigenvalue weighted by Crippen LogP contribution is 2.33. The summed E-state index contributed by atoms with van der Waals surface area (Å²) in [6, 6.07) is -13.5. The zero-order valence-electron chi connectivity index (χ0n) is 69.7. The van der Waals surface area contributed by atoms with E-state index in [1.54, 1.807) is 55.4 Å². The third kappa shape index (κ3) is 31.2. The summed E-state index contributed by atoms with van der Waals surface area (Å²) in [5, 5.41) is 14.1. The van der Waals surface area contributed by atoms with E-state index in [9.17, 15) is 28.8 Å². The Bertz CT molecular complexity index is 2880. The van der Waals surface area contributed by atoms with Gasteiger partial charge in [0.2, 0.25) is 65.0 Å². The number of carbonyl (C=O) groups excluding carboxylic acids is 13. The lowest BCUT2D eigenvalue weighted by molar-refractivity contribution is -0.156. The molecule has 105 heavy (non-hydrogen) atoms. The number of likely N-dealkylation sites (N-methyl/N-ethyl adjacent to an activating group) is 7. The summed E-state index contributed by atoms with van der Waals surface area (Å²) < 4.78 is 9.65. The lowest BCUT2D eigenvalue weighted by Gasteiger charge is -2.41. The summed E-state index contributed by atoms with van der Waals surface area (Å²) >= 11 is 1.32. The van der Waals surface area contributed by atoms with Gasteiger partial charge in [0.15, 0.2) is 0 Å². The quantitative estimate of drug-likeness (QED) is 0.0410. The Morgan fingerprint density at radius 3 is 1.35 bits per heavy atom. The third-order valence-corrected chi connectivity index (χ3v) is 21.0. The summed E-state index contributed by atoms with van der Waals surface area (Å²) in [6.07, 6.45) is 4.19. The van der Waals surface area contributed by atoms with E-state index < -0.39 is 166 Å². The average Bonchev–Trinajstić information content (AvgIpc) is 0.807. The first-order valence-corrected chi connectivity index (χ1v) is 39.1. The molecular weight excluding hydrogens is 1360 g/mol. The fourth-order valence-electron chi connectivity index (χ4n) is 12.9. The molecule has 0 aromatic heterocycles. The van der Waals surface area contributed by atoms with Crippen LogP contribution in [-0.2, 0) is 67.0 Å². The van der Waals surface area contributed by atoms with Crippen molar-refractivity contribution >= 4 is 88.8 Å². The van der Waals surface area contributed by atoms with Crippen molar-refractivity contribution in [3.8, 4) is 0 Å². The SMILES string of the molecule is CC[C@@H]1NC(=O)[C@H](C[C@H](C)CCCCCCNC(=O)OC(C)(C)C)N(C)C(=O)[C@H](C(C)C)N(C)C(=O)[C@H](CC(C)C)N(C)C(=O)[C@H](CC(C)C)N(C)C(=O)[C@H](C)NC(=O)[C@@H](C)NC(=O)[C@@H](CC(C)C)N(C)C(=O)[C@@H](C(C)C)NC(=O)[C@H](CC(C)C)N(C)C(=O)[C@@H](CSC(C)(C)CCC(=O)OC)N(C)C1=O. The highest BCUT2D eigenvalue weighted by atomic mass is 32.2. The lowest BCUT2D eigenvalue weighted by Crippen LogP contribution is -2.62. The van der Waals surface area contributed by atoms with Crippen LogP contribution >= 0.6 is 11.8 Å². The number of esters is 1. The van der Waals surface area contributed by atoms with E-state index in [0.29, 0.717) is 25.8 Å². The molecule has 0 unspecified atom stereocenters. The Hall–Kier alpha value is -6.74. The Kier molecular flexibility index (Phi) is 40.8. The standard InChI is InChI=1S/C77H140N12O15S/c1-30-54-69(96)88(27)60(44-105-77(20,21)37-36-61(90)103-29)72(99)83(22)56(40-46(4)5)67(94)82-62(49(10)11)73(100)84(23)55(39-45(2)3)65(92)79-52(15)64(91)80-53(16)68(95)86(25)58(41-47(6)7)70(97)87(26)59(42-48(8)9)71(98)89(28)63(50(12)13)74(101)85(24)57(66(93)81-54)43-51(14)35-33-31-32-34-38-78-75(102)104-76(17,18)19/h45-60,62-63H,30-44H2,1-29H3,(H,78,102)(H,79,92)(H,80,91)(H,81,93)(H,82,94)/t51-,52-,53+,54+,55-,56+,57+,58+,59+,60-,62-,63+/m1/s1. The van der Waals surface area contributed by atoms with Gasteiger partial charge in [0.1, 0.15) is 72.1 Å². The maximum Gasteiger partial charge on any atom is 0.407 e. The molecule has 27 nitrogen and oxygen atoms in total. The molecule has 12 atom stereocenters. The van der Waals surface area contributed by atoms with Gasteiger partial charge in [-0.25, -0.2) is 4.79 Å². The zero-order chi connectivity index (χ0) is 81.2. The smallest absolute Gasteiger partial charge is 0.407 e. The highest BCUT2D eigenvalue weighted by molar-refractivity contribution is 8.00. The average molecular weight is 1510 g/mol. The fourth-order valence-corrected chi connectivity index (χ4v) is 14.2. The van der Waals surface area contributed by atoms with Crippen LogP contribution < -0.4 is 26.6 Å². The second kappa shape index (κ2) is 44.5. The van der Waals surface area contributed by atoms with Gasteiger partial charge in [0.05, 0.1) is 7.11 Å². The Morgan fingerprint density at radius 1 is 0.467 bits per heavy atom. The van der Waals surface area contributed by atoms with Crippen LogP contribution in [0.1, 0.15) is 229 Å². The number of thioether (sulfide) groups is 1. The molecule has 0 bridgehead atoms. The van der Waals surface area contributed by atoms with Crippen molar-refractivity contribution in [1.29, 1.82) is 0 Å². The molecule has 0 saturated carbocycles. The van der Waals surface area contributed by atoms with Crippen molar-refractivity contribution in [3.63, 3.8) is 0 Å².